The first-order valence-corrected chi connectivity index (χ1v) is 9.02. The maximum absolute atomic E-state index is 12.5. The standard InChI is InChI=1S/C17H20N2O2S.ClH/c20-22(21,19-16-9-5-11-18-13-16)17-10-4-8-15(12-17)14-6-2-1-3-7-14;/h1-4,6-8,10,12,16,18-19H,5,9,11,13H2;1H. The summed E-state index contributed by atoms with van der Waals surface area (Å²) in [6.07, 6.45) is 1.88. The van der Waals surface area contributed by atoms with Gasteiger partial charge in [-0.3, -0.25) is 0 Å². The number of rotatable bonds is 4. The molecule has 1 fully saturated rings. The lowest BCUT2D eigenvalue weighted by molar-refractivity contribution is 0.428. The predicted molar refractivity (Wildman–Crippen MR) is 95.3 cm³/mol. The Labute approximate surface area is 143 Å². The van der Waals surface area contributed by atoms with E-state index in [0.29, 0.717) is 11.4 Å². The van der Waals surface area contributed by atoms with Crippen LogP contribution in [0.25, 0.3) is 11.1 Å². The van der Waals surface area contributed by atoms with Gasteiger partial charge in [0, 0.05) is 12.6 Å². The summed E-state index contributed by atoms with van der Waals surface area (Å²) in [6.45, 7) is 1.65. The topological polar surface area (TPSA) is 58.2 Å². The second-order valence-corrected chi connectivity index (χ2v) is 7.27. The maximum atomic E-state index is 12.5. The van der Waals surface area contributed by atoms with Crippen molar-refractivity contribution in [3.8, 4) is 11.1 Å². The van der Waals surface area contributed by atoms with Crippen LogP contribution in [0, 0.1) is 0 Å². The lowest BCUT2D eigenvalue weighted by Gasteiger charge is -2.23. The minimum Gasteiger partial charge on any atom is -0.315 e. The molecule has 0 spiro atoms. The fourth-order valence-corrected chi connectivity index (χ4v) is 4.03. The second-order valence-electron chi connectivity index (χ2n) is 5.56. The number of hydrogen-bond acceptors (Lipinski definition) is 3. The molecule has 2 N–H and O–H groups in total. The van der Waals surface area contributed by atoms with Crippen molar-refractivity contribution in [3.05, 3.63) is 54.6 Å². The molecule has 0 amide bonds. The third-order valence-corrected chi connectivity index (χ3v) is 5.39. The van der Waals surface area contributed by atoms with Crippen LogP contribution in [0.1, 0.15) is 12.8 Å². The predicted octanol–water partition coefficient (Wildman–Crippen LogP) is 2.81. The molecule has 1 unspecified atom stereocenters. The van der Waals surface area contributed by atoms with Crippen molar-refractivity contribution >= 4 is 22.4 Å². The lowest BCUT2D eigenvalue weighted by Crippen LogP contribution is -2.45. The largest absolute Gasteiger partial charge is 0.315 e. The van der Waals surface area contributed by atoms with Gasteiger partial charge in [0.25, 0.3) is 0 Å². The monoisotopic (exact) mass is 352 g/mol. The van der Waals surface area contributed by atoms with Crippen molar-refractivity contribution in [3.63, 3.8) is 0 Å². The molecule has 6 heteroatoms. The van der Waals surface area contributed by atoms with Crippen molar-refractivity contribution in [2.45, 2.75) is 23.8 Å². The highest BCUT2D eigenvalue weighted by Gasteiger charge is 2.21. The Morgan fingerprint density at radius 2 is 1.74 bits per heavy atom. The van der Waals surface area contributed by atoms with E-state index in [9.17, 15) is 8.42 Å². The van der Waals surface area contributed by atoms with Crippen LogP contribution in [0.5, 0.6) is 0 Å². The number of sulfonamides is 1. The van der Waals surface area contributed by atoms with Gasteiger partial charge in [-0.05, 0) is 42.6 Å². The molecule has 0 saturated carbocycles. The zero-order valence-corrected chi connectivity index (χ0v) is 14.4. The SMILES string of the molecule is Cl.O=S(=O)(NC1CCCNC1)c1cccc(-c2ccccc2)c1. The Kier molecular flexibility index (Phi) is 6.18. The minimum atomic E-state index is -3.48. The highest BCUT2D eigenvalue weighted by Crippen LogP contribution is 2.22. The Morgan fingerprint density at radius 3 is 2.43 bits per heavy atom. The quantitative estimate of drug-likeness (QED) is 0.889. The highest BCUT2D eigenvalue weighted by atomic mass is 35.5. The zero-order valence-electron chi connectivity index (χ0n) is 12.7. The summed E-state index contributed by atoms with van der Waals surface area (Å²) in [4.78, 5) is 0.319. The Bertz CT molecular complexity index is 729. The van der Waals surface area contributed by atoms with E-state index in [2.05, 4.69) is 10.0 Å². The molecule has 124 valence electrons. The van der Waals surface area contributed by atoms with Crippen molar-refractivity contribution in [1.29, 1.82) is 0 Å². The van der Waals surface area contributed by atoms with E-state index in [1.807, 2.05) is 36.4 Å². The fraction of sp³-hybridized carbons (Fsp3) is 0.294. The van der Waals surface area contributed by atoms with Crippen molar-refractivity contribution < 1.29 is 8.42 Å². The van der Waals surface area contributed by atoms with Crippen LogP contribution in [0.4, 0.5) is 0 Å². The Morgan fingerprint density at radius 1 is 1.00 bits per heavy atom. The molecule has 1 atom stereocenters. The normalized spacial score (nSPS) is 18.2. The zero-order chi connectivity index (χ0) is 15.4. The van der Waals surface area contributed by atoms with Crippen LogP contribution in [0.2, 0.25) is 0 Å². The van der Waals surface area contributed by atoms with Gasteiger partial charge in [0.05, 0.1) is 4.90 Å². The smallest absolute Gasteiger partial charge is 0.240 e. The molecule has 2 aromatic rings. The average Bonchev–Trinajstić information content (AvgIpc) is 2.56. The van der Waals surface area contributed by atoms with E-state index in [1.165, 1.54) is 0 Å². The van der Waals surface area contributed by atoms with Crippen LogP contribution in [-0.2, 0) is 10.0 Å². The fourth-order valence-electron chi connectivity index (χ4n) is 2.71. The van der Waals surface area contributed by atoms with Crippen LogP contribution in [0.15, 0.2) is 59.5 Å². The second kappa shape index (κ2) is 7.93. The molecule has 1 aliphatic rings. The van der Waals surface area contributed by atoms with Gasteiger partial charge < -0.3 is 5.32 Å². The molecule has 0 aromatic heterocycles. The Balaban J connectivity index is 0.00000192. The molecule has 0 bridgehead atoms. The molecule has 2 aromatic carbocycles. The molecular formula is C17H21ClN2O2S. The van der Waals surface area contributed by atoms with Crippen molar-refractivity contribution in [2.75, 3.05) is 13.1 Å². The summed E-state index contributed by atoms with van der Waals surface area (Å²) in [7, 11) is -3.48. The first-order chi connectivity index (χ1) is 10.6. The molecule has 1 heterocycles. The van der Waals surface area contributed by atoms with Crippen LogP contribution in [-0.4, -0.2) is 27.5 Å². The van der Waals surface area contributed by atoms with Gasteiger partial charge >= 0.3 is 0 Å². The van der Waals surface area contributed by atoms with E-state index >= 15 is 0 Å². The van der Waals surface area contributed by atoms with E-state index < -0.39 is 10.0 Å². The molecule has 0 aliphatic carbocycles. The van der Waals surface area contributed by atoms with Gasteiger partial charge in [0.15, 0.2) is 0 Å². The highest BCUT2D eigenvalue weighted by molar-refractivity contribution is 7.89. The summed E-state index contributed by atoms with van der Waals surface area (Å²) >= 11 is 0. The lowest BCUT2D eigenvalue weighted by atomic mass is 10.1. The third kappa shape index (κ3) is 4.54. The number of hydrogen-bond donors (Lipinski definition) is 2. The number of piperidine rings is 1. The van der Waals surface area contributed by atoms with Crippen LogP contribution in [0.3, 0.4) is 0 Å². The summed E-state index contributed by atoms with van der Waals surface area (Å²) in [5.41, 5.74) is 1.92. The van der Waals surface area contributed by atoms with Gasteiger partial charge in [0.2, 0.25) is 10.0 Å². The molecular weight excluding hydrogens is 332 g/mol. The van der Waals surface area contributed by atoms with E-state index in [0.717, 1.165) is 30.5 Å². The molecule has 1 saturated heterocycles. The molecule has 3 rings (SSSR count). The number of halogens is 1. The van der Waals surface area contributed by atoms with Crippen LogP contribution < -0.4 is 10.0 Å². The third-order valence-electron chi connectivity index (χ3n) is 3.87. The van der Waals surface area contributed by atoms with E-state index in [-0.39, 0.29) is 18.4 Å². The summed E-state index contributed by atoms with van der Waals surface area (Å²) in [5.74, 6) is 0. The van der Waals surface area contributed by atoms with Crippen molar-refractivity contribution in [2.24, 2.45) is 0 Å². The molecule has 1 aliphatic heterocycles. The van der Waals surface area contributed by atoms with E-state index in [4.69, 9.17) is 0 Å². The van der Waals surface area contributed by atoms with Gasteiger partial charge in [-0.25, -0.2) is 13.1 Å². The Hall–Kier alpha value is -1.40. The first-order valence-electron chi connectivity index (χ1n) is 7.54. The summed E-state index contributed by atoms with van der Waals surface area (Å²) < 4.78 is 27.9. The molecule has 23 heavy (non-hydrogen) atoms. The average molecular weight is 353 g/mol. The van der Waals surface area contributed by atoms with E-state index in [1.54, 1.807) is 18.2 Å². The van der Waals surface area contributed by atoms with Crippen molar-refractivity contribution in [1.82, 2.24) is 10.0 Å². The number of nitrogens with one attached hydrogen (secondary N) is 2. The van der Waals surface area contributed by atoms with Gasteiger partial charge in [0.1, 0.15) is 0 Å². The maximum Gasteiger partial charge on any atom is 0.240 e. The summed E-state index contributed by atoms with van der Waals surface area (Å²) in [5, 5.41) is 3.22. The molecule has 4 nitrogen and oxygen atoms in total. The minimum absolute atomic E-state index is 0. The first kappa shape index (κ1) is 17.9. The van der Waals surface area contributed by atoms with Crippen LogP contribution >= 0.6 is 12.4 Å². The van der Waals surface area contributed by atoms with Gasteiger partial charge in [-0.1, -0.05) is 42.5 Å². The van der Waals surface area contributed by atoms with Gasteiger partial charge in [-0.2, -0.15) is 0 Å². The summed E-state index contributed by atoms with van der Waals surface area (Å²) in [6, 6.07) is 16.9. The number of benzene rings is 2. The molecule has 0 radical (unpaired) electrons. The van der Waals surface area contributed by atoms with Gasteiger partial charge in [-0.15, -0.1) is 12.4 Å².